The molecule has 1 aliphatic heterocycles. The maximum absolute atomic E-state index is 10.8. The number of carbonyl (C=O) groups is 1. The van der Waals surface area contributed by atoms with Crippen molar-refractivity contribution in [2.75, 3.05) is 13.1 Å². The zero-order valence-corrected chi connectivity index (χ0v) is 10.1. The van der Waals surface area contributed by atoms with Gasteiger partial charge in [0.25, 0.3) is 0 Å². The molecule has 1 aromatic carbocycles. The minimum atomic E-state index is -0.798. The summed E-state index contributed by atoms with van der Waals surface area (Å²) in [7, 11) is 0. The van der Waals surface area contributed by atoms with Crippen LogP contribution in [0.2, 0.25) is 0 Å². The van der Waals surface area contributed by atoms with Gasteiger partial charge in [-0.2, -0.15) is 0 Å². The zero-order chi connectivity index (χ0) is 12.4. The van der Waals surface area contributed by atoms with Gasteiger partial charge in [-0.25, -0.2) is 0 Å². The lowest BCUT2D eigenvalue weighted by molar-refractivity contribution is -0.138. The molecule has 0 amide bonds. The number of aliphatic carboxylic acids is 1. The van der Waals surface area contributed by atoms with Crippen molar-refractivity contribution < 1.29 is 14.6 Å². The molecule has 1 aromatic rings. The molecule has 1 N–H and O–H groups in total. The molecule has 4 heteroatoms. The van der Waals surface area contributed by atoms with Crippen molar-refractivity contribution in [2.24, 2.45) is 0 Å². The normalized spacial score (nSPS) is 20.2. The lowest BCUT2D eigenvalue weighted by Gasteiger charge is -2.19. The van der Waals surface area contributed by atoms with Gasteiger partial charge in [0.05, 0.1) is 6.54 Å². The molecule has 92 valence electrons. The molecule has 2 rings (SSSR count). The Balaban J connectivity index is 2.25. The van der Waals surface area contributed by atoms with Crippen molar-refractivity contribution in [3.63, 3.8) is 0 Å². The predicted molar refractivity (Wildman–Crippen MR) is 64.2 cm³/mol. The topological polar surface area (TPSA) is 49.8 Å². The number of carboxylic acids is 1. The maximum atomic E-state index is 10.8. The number of rotatable bonds is 2. The van der Waals surface area contributed by atoms with Gasteiger partial charge in [-0.05, 0) is 19.9 Å². The van der Waals surface area contributed by atoms with Crippen LogP contribution in [0.3, 0.4) is 0 Å². The van der Waals surface area contributed by atoms with Crippen molar-refractivity contribution in [3.8, 4) is 5.75 Å². The van der Waals surface area contributed by atoms with Gasteiger partial charge >= 0.3 is 5.97 Å². The Hall–Kier alpha value is -1.55. The van der Waals surface area contributed by atoms with Gasteiger partial charge < -0.3 is 9.84 Å². The first-order valence-corrected chi connectivity index (χ1v) is 5.75. The van der Waals surface area contributed by atoms with E-state index in [1.54, 1.807) is 0 Å². The number of aryl methyl sites for hydroxylation is 1. The Morgan fingerprint density at radius 2 is 2.35 bits per heavy atom. The molecule has 1 atom stereocenters. The molecule has 0 spiro atoms. The quantitative estimate of drug-likeness (QED) is 0.847. The molecule has 0 saturated carbocycles. The fourth-order valence-electron chi connectivity index (χ4n) is 2.18. The Morgan fingerprint density at radius 1 is 1.59 bits per heavy atom. The smallest absolute Gasteiger partial charge is 0.317 e. The number of ether oxygens (including phenoxy) is 1. The summed E-state index contributed by atoms with van der Waals surface area (Å²) in [6, 6.07) is 6.03. The first kappa shape index (κ1) is 11.9. The molecule has 0 bridgehead atoms. The number of benzene rings is 1. The maximum Gasteiger partial charge on any atom is 0.317 e. The molecule has 17 heavy (non-hydrogen) atoms. The van der Waals surface area contributed by atoms with E-state index in [9.17, 15) is 4.79 Å². The van der Waals surface area contributed by atoms with Crippen molar-refractivity contribution in [2.45, 2.75) is 26.5 Å². The van der Waals surface area contributed by atoms with E-state index in [4.69, 9.17) is 9.84 Å². The second-order valence-electron chi connectivity index (χ2n) is 4.60. The molecular weight excluding hydrogens is 218 g/mol. The second-order valence-corrected chi connectivity index (χ2v) is 4.60. The van der Waals surface area contributed by atoms with E-state index in [2.05, 4.69) is 6.07 Å². The molecule has 1 heterocycles. The fraction of sp³-hybridized carbons (Fsp3) is 0.462. The summed E-state index contributed by atoms with van der Waals surface area (Å²) in [5, 5.41) is 8.86. The first-order valence-electron chi connectivity index (χ1n) is 5.75. The second kappa shape index (κ2) is 4.75. The van der Waals surface area contributed by atoms with Crippen LogP contribution in [0.1, 0.15) is 18.1 Å². The van der Waals surface area contributed by atoms with Gasteiger partial charge in [0, 0.05) is 18.7 Å². The molecule has 1 aliphatic rings. The molecule has 1 unspecified atom stereocenters. The summed E-state index contributed by atoms with van der Waals surface area (Å²) in [5.74, 6) is 0.0734. The van der Waals surface area contributed by atoms with E-state index in [0.717, 1.165) is 16.9 Å². The van der Waals surface area contributed by atoms with Gasteiger partial charge in [-0.15, -0.1) is 0 Å². The molecule has 0 aromatic heterocycles. The third-order valence-corrected chi connectivity index (χ3v) is 2.81. The number of hydrogen-bond acceptors (Lipinski definition) is 3. The van der Waals surface area contributed by atoms with Gasteiger partial charge in [0.15, 0.2) is 0 Å². The van der Waals surface area contributed by atoms with Crippen LogP contribution in [0.4, 0.5) is 0 Å². The lowest BCUT2D eigenvalue weighted by Crippen LogP contribution is -2.34. The Kier molecular flexibility index (Phi) is 3.33. The predicted octanol–water partition coefficient (Wildman–Crippen LogP) is 1.66. The highest BCUT2D eigenvalue weighted by atomic mass is 16.5. The number of fused-ring (bicyclic) bond motifs is 1. The first-order chi connectivity index (χ1) is 8.04. The van der Waals surface area contributed by atoms with E-state index in [-0.39, 0.29) is 12.6 Å². The highest BCUT2D eigenvalue weighted by Crippen LogP contribution is 2.25. The van der Waals surface area contributed by atoms with Crippen molar-refractivity contribution >= 4 is 5.97 Å². The summed E-state index contributed by atoms with van der Waals surface area (Å²) < 4.78 is 5.79. The Morgan fingerprint density at radius 3 is 3.06 bits per heavy atom. The van der Waals surface area contributed by atoms with Crippen LogP contribution < -0.4 is 4.74 Å². The minimum Gasteiger partial charge on any atom is -0.489 e. The molecule has 0 radical (unpaired) electrons. The molecule has 0 fully saturated rings. The summed E-state index contributed by atoms with van der Waals surface area (Å²) in [6.07, 6.45) is 0.0123. The third kappa shape index (κ3) is 2.97. The summed E-state index contributed by atoms with van der Waals surface area (Å²) in [5.41, 5.74) is 2.23. The lowest BCUT2D eigenvalue weighted by atomic mass is 10.1. The van der Waals surface area contributed by atoms with E-state index >= 15 is 0 Å². The van der Waals surface area contributed by atoms with Crippen molar-refractivity contribution in [1.29, 1.82) is 0 Å². The molecular formula is C13H17NO3. The Bertz CT molecular complexity index is 431. The standard InChI is InChI=1S/C13H17NO3/c1-9-3-4-12-11(5-9)7-14(8-13(15)16)6-10(2)17-12/h3-5,10H,6-8H2,1-2H3,(H,15,16). The summed E-state index contributed by atoms with van der Waals surface area (Å²) in [4.78, 5) is 12.7. The summed E-state index contributed by atoms with van der Waals surface area (Å²) in [6.45, 7) is 5.31. The highest BCUT2D eigenvalue weighted by Gasteiger charge is 2.21. The number of nitrogens with zero attached hydrogens (tertiary/aromatic N) is 1. The van der Waals surface area contributed by atoms with Crippen LogP contribution in [0.25, 0.3) is 0 Å². The minimum absolute atomic E-state index is 0.0123. The van der Waals surface area contributed by atoms with Crippen LogP contribution in [0.15, 0.2) is 18.2 Å². The highest BCUT2D eigenvalue weighted by molar-refractivity contribution is 5.69. The van der Waals surface area contributed by atoms with E-state index < -0.39 is 5.97 Å². The number of carboxylic acid groups (broad SMARTS) is 1. The van der Waals surface area contributed by atoms with Crippen LogP contribution >= 0.6 is 0 Å². The van der Waals surface area contributed by atoms with Gasteiger partial charge in [0.2, 0.25) is 0 Å². The molecule has 0 saturated heterocycles. The van der Waals surface area contributed by atoms with Crippen molar-refractivity contribution in [3.05, 3.63) is 29.3 Å². The average molecular weight is 235 g/mol. The average Bonchev–Trinajstić information content (AvgIpc) is 2.34. The van der Waals surface area contributed by atoms with Crippen molar-refractivity contribution in [1.82, 2.24) is 4.90 Å². The number of hydrogen-bond donors (Lipinski definition) is 1. The molecule has 4 nitrogen and oxygen atoms in total. The van der Waals surface area contributed by atoms with Crippen LogP contribution in [-0.2, 0) is 11.3 Å². The van der Waals surface area contributed by atoms with E-state index in [1.165, 1.54) is 0 Å². The SMILES string of the molecule is Cc1ccc2c(c1)CN(CC(=O)O)CC(C)O2. The monoisotopic (exact) mass is 235 g/mol. The van der Waals surface area contributed by atoms with Gasteiger partial charge in [-0.1, -0.05) is 17.7 Å². The largest absolute Gasteiger partial charge is 0.489 e. The van der Waals surface area contributed by atoms with Crippen LogP contribution in [0, 0.1) is 6.92 Å². The Labute approximate surface area is 101 Å². The zero-order valence-electron chi connectivity index (χ0n) is 10.1. The van der Waals surface area contributed by atoms with E-state index in [1.807, 2.05) is 30.9 Å². The fourth-order valence-corrected chi connectivity index (χ4v) is 2.18. The van der Waals surface area contributed by atoms with E-state index in [0.29, 0.717) is 13.1 Å². The summed E-state index contributed by atoms with van der Waals surface area (Å²) >= 11 is 0. The van der Waals surface area contributed by atoms with Gasteiger partial charge in [0.1, 0.15) is 11.9 Å². The van der Waals surface area contributed by atoms with Gasteiger partial charge in [-0.3, -0.25) is 9.69 Å². The molecule has 0 aliphatic carbocycles. The third-order valence-electron chi connectivity index (χ3n) is 2.81. The van der Waals surface area contributed by atoms with Crippen LogP contribution in [-0.4, -0.2) is 35.2 Å². The van der Waals surface area contributed by atoms with Crippen LogP contribution in [0.5, 0.6) is 5.75 Å².